The van der Waals surface area contributed by atoms with Gasteiger partial charge in [-0.25, -0.2) is 4.39 Å². The molecule has 3 aromatic rings. The molecule has 0 aliphatic rings. The van der Waals surface area contributed by atoms with Crippen LogP contribution < -0.4 is 4.74 Å². The number of phenolic OH excluding ortho intramolecular Hbond substituents is 1. The zero-order valence-electron chi connectivity index (χ0n) is 17.8. The first-order valence-electron chi connectivity index (χ1n) is 10.1. The average Bonchev–Trinajstić information content (AvgIpc) is 2.98. The fourth-order valence-electron chi connectivity index (χ4n) is 3.43. The van der Waals surface area contributed by atoms with Gasteiger partial charge in [0.15, 0.2) is 11.6 Å². The molecule has 0 unspecified atom stereocenters. The van der Waals surface area contributed by atoms with Crippen LogP contribution >= 0.6 is 0 Å². The van der Waals surface area contributed by atoms with E-state index < -0.39 is 35.6 Å². The highest BCUT2D eigenvalue weighted by Crippen LogP contribution is 2.32. The lowest BCUT2D eigenvalue weighted by Gasteiger charge is -2.11. The number of hydrogen-bond acceptors (Lipinski definition) is 5. The fourth-order valence-corrected chi connectivity index (χ4v) is 3.43. The van der Waals surface area contributed by atoms with E-state index in [0.717, 1.165) is 47.4 Å². The van der Waals surface area contributed by atoms with Gasteiger partial charge in [-0.3, -0.25) is 14.2 Å². The summed E-state index contributed by atoms with van der Waals surface area (Å²) in [5, 5.41) is 10.1. The third kappa shape index (κ3) is 5.44. The lowest BCUT2D eigenvalue weighted by molar-refractivity contribution is -0.274. The Balaban J connectivity index is 2.01. The standard InChI is InChI=1S/C23H21F4NO5/c1-3-4-9-32-21(30)11-16-13(2)28(19-12-18(24)20(29)10-17(16)19)22(31)14-5-7-15(8-6-14)33-23(25,26)27/h5-8,10,12,29H,3-4,9,11H2,1-2H3. The van der Waals surface area contributed by atoms with Crippen molar-refractivity contribution in [2.24, 2.45) is 0 Å². The lowest BCUT2D eigenvalue weighted by atomic mass is 10.1. The highest BCUT2D eigenvalue weighted by Gasteiger charge is 2.31. The highest BCUT2D eigenvalue weighted by atomic mass is 19.4. The predicted octanol–water partition coefficient (Wildman–Crippen LogP) is 5.27. The van der Waals surface area contributed by atoms with Crippen LogP contribution in [0.5, 0.6) is 11.5 Å². The van der Waals surface area contributed by atoms with Gasteiger partial charge in [0.05, 0.1) is 18.5 Å². The molecule has 0 bridgehead atoms. The van der Waals surface area contributed by atoms with Crippen molar-refractivity contribution in [2.75, 3.05) is 6.61 Å². The molecule has 0 radical (unpaired) electrons. The number of fused-ring (bicyclic) bond motifs is 1. The molecule has 0 fully saturated rings. The number of hydrogen-bond donors (Lipinski definition) is 1. The molecule has 10 heteroatoms. The summed E-state index contributed by atoms with van der Waals surface area (Å²) >= 11 is 0. The van der Waals surface area contributed by atoms with Crippen molar-refractivity contribution < 1.29 is 41.7 Å². The Hall–Kier alpha value is -3.56. The first-order chi connectivity index (χ1) is 15.5. The number of aromatic hydroxyl groups is 1. The minimum atomic E-state index is -4.88. The zero-order valence-corrected chi connectivity index (χ0v) is 17.8. The number of halogens is 4. The number of aromatic nitrogens is 1. The maximum atomic E-state index is 14.1. The summed E-state index contributed by atoms with van der Waals surface area (Å²) in [5.74, 6) is -3.33. The third-order valence-electron chi connectivity index (χ3n) is 5.02. The van der Waals surface area contributed by atoms with Crippen molar-refractivity contribution in [1.29, 1.82) is 0 Å². The Morgan fingerprint density at radius 3 is 2.39 bits per heavy atom. The van der Waals surface area contributed by atoms with E-state index in [0.29, 0.717) is 17.7 Å². The van der Waals surface area contributed by atoms with Crippen molar-refractivity contribution in [3.05, 3.63) is 59.0 Å². The van der Waals surface area contributed by atoms with Gasteiger partial charge in [0.1, 0.15) is 5.75 Å². The van der Waals surface area contributed by atoms with E-state index in [4.69, 9.17) is 4.74 Å². The first-order valence-corrected chi connectivity index (χ1v) is 10.1. The van der Waals surface area contributed by atoms with E-state index in [1.165, 1.54) is 0 Å². The SMILES string of the molecule is CCCCOC(=O)Cc1c(C)n(C(=O)c2ccc(OC(F)(F)F)cc2)c2cc(F)c(O)cc12. The van der Waals surface area contributed by atoms with E-state index in [1.807, 2.05) is 6.92 Å². The summed E-state index contributed by atoms with van der Waals surface area (Å²) in [6.07, 6.45) is -3.57. The predicted molar refractivity (Wildman–Crippen MR) is 111 cm³/mol. The Morgan fingerprint density at radius 1 is 1.12 bits per heavy atom. The van der Waals surface area contributed by atoms with Crippen LogP contribution in [0.25, 0.3) is 10.9 Å². The molecule has 0 amide bonds. The molecule has 1 heterocycles. The van der Waals surface area contributed by atoms with Crippen molar-refractivity contribution in [2.45, 2.75) is 39.5 Å². The molecule has 0 aliphatic heterocycles. The van der Waals surface area contributed by atoms with Crippen LogP contribution in [0.4, 0.5) is 17.6 Å². The number of alkyl halides is 3. The number of rotatable bonds is 7. The zero-order chi connectivity index (χ0) is 24.3. The second-order valence-corrected chi connectivity index (χ2v) is 7.35. The molecule has 33 heavy (non-hydrogen) atoms. The minimum absolute atomic E-state index is 0.00933. The van der Waals surface area contributed by atoms with Crippen molar-refractivity contribution >= 4 is 22.8 Å². The number of benzene rings is 2. The monoisotopic (exact) mass is 467 g/mol. The topological polar surface area (TPSA) is 77.8 Å². The van der Waals surface area contributed by atoms with E-state index >= 15 is 0 Å². The number of nitrogens with zero attached hydrogens (tertiary/aromatic N) is 1. The van der Waals surface area contributed by atoms with Gasteiger partial charge in [-0.2, -0.15) is 0 Å². The van der Waals surface area contributed by atoms with Gasteiger partial charge in [0.25, 0.3) is 5.91 Å². The first kappa shape index (κ1) is 24.1. The van der Waals surface area contributed by atoms with E-state index in [-0.39, 0.29) is 29.5 Å². The van der Waals surface area contributed by atoms with Crippen LogP contribution in [-0.4, -0.2) is 34.5 Å². The summed E-state index contributed by atoms with van der Waals surface area (Å²) in [5.41, 5.74) is 0.782. The fraction of sp³-hybridized carbons (Fsp3) is 0.304. The van der Waals surface area contributed by atoms with Crippen LogP contribution in [0.2, 0.25) is 0 Å². The maximum Gasteiger partial charge on any atom is 0.573 e. The van der Waals surface area contributed by atoms with Crippen LogP contribution in [0, 0.1) is 12.7 Å². The second-order valence-electron chi connectivity index (χ2n) is 7.35. The van der Waals surface area contributed by atoms with Crippen molar-refractivity contribution in [3.8, 4) is 11.5 Å². The Labute approximate surface area is 186 Å². The van der Waals surface area contributed by atoms with Gasteiger partial charge >= 0.3 is 12.3 Å². The van der Waals surface area contributed by atoms with Gasteiger partial charge in [-0.1, -0.05) is 13.3 Å². The summed E-state index contributed by atoms with van der Waals surface area (Å²) < 4.78 is 61.4. The molecular formula is C23H21F4NO5. The van der Waals surface area contributed by atoms with Crippen molar-refractivity contribution in [3.63, 3.8) is 0 Å². The Kier molecular flexibility index (Phi) is 6.95. The number of phenols is 1. The number of carbonyl (C=O) groups is 2. The molecule has 0 saturated carbocycles. The van der Waals surface area contributed by atoms with Gasteiger partial charge < -0.3 is 14.6 Å². The highest BCUT2D eigenvalue weighted by molar-refractivity contribution is 6.05. The van der Waals surface area contributed by atoms with Gasteiger partial charge in [-0.15, -0.1) is 13.2 Å². The number of ether oxygens (including phenoxy) is 2. The van der Waals surface area contributed by atoms with Crippen molar-refractivity contribution in [1.82, 2.24) is 4.57 Å². The molecule has 0 aliphatic carbocycles. The summed E-state index contributed by atoms with van der Waals surface area (Å²) in [6, 6.07) is 6.34. The molecule has 6 nitrogen and oxygen atoms in total. The third-order valence-corrected chi connectivity index (χ3v) is 5.02. The smallest absolute Gasteiger partial charge is 0.505 e. The number of carbonyl (C=O) groups excluding carboxylic acids is 2. The van der Waals surface area contributed by atoms with Gasteiger partial charge in [0, 0.05) is 22.7 Å². The molecule has 3 rings (SSSR count). The Bertz CT molecular complexity index is 1180. The average molecular weight is 467 g/mol. The molecule has 1 N–H and O–H groups in total. The molecule has 176 valence electrons. The molecule has 1 aromatic heterocycles. The normalized spacial score (nSPS) is 11.6. The van der Waals surface area contributed by atoms with E-state index in [9.17, 15) is 32.3 Å². The minimum Gasteiger partial charge on any atom is -0.505 e. The van der Waals surface area contributed by atoms with Crippen LogP contribution in [-0.2, 0) is 16.0 Å². The lowest BCUT2D eigenvalue weighted by Crippen LogP contribution is -2.17. The van der Waals surface area contributed by atoms with Gasteiger partial charge in [-0.05, 0) is 49.2 Å². The number of esters is 1. The molecular weight excluding hydrogens is 446 g/mol. The largest absolute Gasteiger partial charge is 0.573 e. The summed E-state index contributed by atoms with van der Waals surface area (Å²) in [7, 11) is 0. The summed E-state index contributed by atoms with van der Waals surface area (Å²) in [4.78, 5) is 25.5. The molecule has 0 spiro atoms. The van der Waals surface area contributed by atoms with Crippen LogP contribution in [0.1, 0.15) is 41.4 Å². The summed E-state index contributed by atoms with van der Waals surface area (Å²) in [6.45, 7) is 3.72. The molecule has 0 atom stereocenters. The van der Waals surface area contributed by atoms with Crippen LogP contribution in [0.15, 0.2) is 36.4 Å². The maximum absolute atomic E-state index is 14.1. The van der Waals surface area contributed by atoms with E-state index in [1.54, 1.807) is 6.92 Å². The molecule has 0 saturated heterocycles. The number of unbranched alkanes of at least 4 members (excludes halogenated alkanes) is 1. The Morgan fingerprint density at radius 2 is 1.79 bits per heavy atom. The van der Waals surface area contributed by atoms with E-state index in [2.05, 4.69) is 4.74 Å². The quantitative estimate of drug-likeness (QED) is 0.291. The van der Waals surface area contributed by atoms with Gasteiger partial charge in [0.2, 0.25) is 0 Å². The molecule has 2 aromatic carbocycles. The van der Waals surface area contributed by atoms with Crippen LogP contribution in [0.3, 0.4) is 0 Å². The second kappa shape index (κ2) is 9.51.